The Bertz CT molecular complexity index is 570. The van der Waals surface area contributed by atoms with E-state index < -0.39 is 0 Å². The molecule has 1 aromatic carbocycles. The number of halogens is 1. The lowest BCUT2D eigenvalue weighted by Crippen LogP contribution is -2.37. The molecule has 0 spiro atoms. The predicted molar refractivity (Wildman–Crippen MR) is 86.7 cm³/mol. The molecule has 3 rings (SSSR count). The third kappa shape index (κ3) is 3.61. The predicted octanol–water partition coefficient (Wildman–Crippen LogP) is 3.36. The Hall–Kier alpha value is -1.55. The fraction of sp³-hybridized carbons (Fsp3) is 0.529. The maximum absolute atomic E-state index is 12.2. The van der Waals surface area contributed by atoms with Gasteiger partial charge in [0.2, 0.25) is 11.8 Å². The third-order valence-corrected chi connectivity index (χ3v) is 4.88. The van der Waals surface area contributed by atoms with Crippen LogP contribution in [-0.4, -0.2) is 17.9 Å². The van der Waals surface area contributed by atoms with Crippen LogP contribution in [0.5, 0.6) is 0 Å². The van der Waals surface area contributed by atoms with E-state index in [1.165, 1.54) is 19.3 Å². The first-order chi connectivity index (χ1) is 10.6. The van der Waals surface area contributed by atoms with Crippen LogP contribution in [0.1, 0.15) is 38.5 Å². The summed E-state index contributed by atoms with van der Waals surface area (Å²) < 4.78 is 0. The summed E-state index contributed by atoms with van der Waals surface area (Å²) in [6, 6.07) is 7.43. The van der Waals surface area contributed by atoms with E-state index >= 15 is 0 Å². The first kappa shape index (κ1) is 15.3. The van der Waals surface area contributed by atoms with E-state index in [4.69, 9.17) is 11.6 Å². The Morgan fingerprint density at radius 3 is 2.41 bits per heavy atom. The van der Waals surface area contributed by atoms with E-state index in [-0.39, 0.29) is 23.7 Å². The molecule has 0 saturated heterocycles. The first-order valence-corrected chi connectivity index (χ1v) is 8.38. The van der Waals surface area contributed by atoms with Crippen molar-refractivity contribution in [1.29, 1.82) is 0 Å². The lowest BCUT2D eigenvalue weighted by molar-refractivity contribution is -0.126. The highest BCUT2D eigenvalue weighted by Crippen LogP contribution is 2.40. The van der Waals surface area contributed by atoms with E-state index in [2.05, 4.69) is 10.6 Å². The van der Waals surface area contributed by atoms with E-state index in [1.54, 1.807) is 12.1 Å². The zero-order valence-corrected chi connectivity index (χ0v) is 13.2. The van der Waals surface area contributed by atoms with Crippen LogP contribution in [0, 0.1) is 11.8 Å². The number of anilines is 1. The normalized spacial score (nSPS) is 24.6. The van der Waals surface area contributed by atoms with Gasteiger partial charge in [-0.05, 0) is 31.4 Å². The summed E-state index contributed by atoms with van der Waals surface area (Å²) >= 11 is 6.03. The standard InChI is InChI=1S/C17H21ClN2O2/c18-14-8-4-5-9-15(14)20-17(22)13-10-12(13)16(21)19-11-6-2-1-3-7-11/h4-5,8-9,11-13H,1-3,6-7,10H2,(H,19,21)(H,20,22). The quantitative estimate of drug-likeness (QED) is 0.893. The van der Waals surface area contributed by atoms with Crippen molar-refractivity contribution in [3.63, 3.8) is 0 Å². The number of nitrogens with one attached hydrogen (secondary N) is 2. The van der Waals surface area contributed by atoms with Crippen LogP contribution < -0.4 is 10.6 Å². The second kappa shape index (κ2) is 6.69. The minimum Gasteiger partial charge on any atom is -0.353 e. The largest absolute Gasteiger partial charge is 0.353 e. The summed E-state index contributed by atoms with van der Waals surface area (Å²) in [4.78, 5) is 24.4. The van der Waals surface area contributed by atoms with Gasteiger partial charge in [-0.3, -0.25) is 9.59 Å². The van der Waals surface area contributed by atoms with Gasteiger partial charge in [0.1, 0.15) is 0 Å². The molecule has 1 aromatic rings. The van der Waals surface area contributed by atoms with Crippen LogP contribution in [0.3, 0.4) is 0 Å². The van der Waals surface area contributed by atoms with Gasteiger partial charge < -0.3 is 10.6 Å². The molecule has 2 aliphatic carbocycles. The van der Waals surface area contributed by atoms with Crippen LogP contribution in [-0.2, 0) is 9.59 Å². The molecular weight excluding hydrogens is 300 g/mol. The number of hydrogen-bond acceptors (Lipinski definition) is 2. The molecule has 2 unspecified atom stereocenters. The molecular formula is C17H21ClN2O2. The second-order valence-corrected chi connectivity index (χ2v) is 6.67. The minimum atomic E-state index is -0.222. The summed E-state index contributed by atoms with van der Waals surface area (Å²) in [7, 11) is 0. The summed E-state index contributed by atoms with van der Waals surface area (Å²) in [5.74, 6) is -0.479. The maximum Gasteiger partial charge on any atom is 0.228 e. The van der Waals surface area contributed by atoms with Crippen LogP contribution in [0.25, 0.3) is 0 Å². The Labute approximate surface area is 135 Å². The minimum absolute atomic E-state index is 0.0335. The molecule has 2 atom stereocenters. The number of benzene rings is 1. The van der Waals surface area contributed by atoms with E-state index in [0.717, 1.165) is 12.8 Å². The molecule has 22 heavy (non-hydrogen) atoms. The number of hydrogen-bond donors (Lipinski definition) is 2. The molecule has 0 radical (unpaired) electrons. The first-order valence-electron chi connectivity index (χ1n) is 8.01. The highest BCUT2D eigenvalue weighted by atomic mass is 35.5. The zero-order valence-electron chi connectivity index (χ0n) is 12.5. The topological polar surface area (TPSA) is 58.2 Å². The Balaban J connectivity index is 1.49. The molecule has 5 heteroatoms. The Kier molecular flexibility index (Phi) is 4.67. The van der Waals surface area contributed by atoms with Crippen molar-refractivity contribution >= 4 is 29.1 Å². The number of para-hydroxylation sites is 1. The summed E-state index contributed by atoms with van der Waals surface area (Å²) in [5.41, 5.74) is 0.604. The highest BCUT2D eigenvalue weighted by Gasteiger charge is 2.48. The van der Waals surface area contributed by atoms with Crippen LogP contribution in [0.2, 0.25) is 5.02 Å². The van der Waals surface area contributed by atoms with Crippen molar-refractivity contribution in [1.82, 2.24) is 5.32 Å². The van der Waals surface area contributed by atoms with Crippen molar-refractivity contribution < 1.29 is 9.59 Å². The number of rotatable bonds is 4. The summed E-state index contributed by atoms with van der Waals surface area (Å²) in [6.07, 6.45) is 6.40. The monoisotopic (exact) mass is 320 g/mol. The van der Waals surface area contributed by atoms with Crippen LogP contribution in [0.4, 0.5) is 5.69 Å². The molecule has 0 bridgehead atoms. The molecule has 2 aliphatic rings. The van der Waals surface area contributed by atoms with Crippen molar-refractivity contribution in [2.24, 2.45) is 11.8 Å². The van der Waals surface area contributed by atoms with E-state index in [0.29, 0.717) is 23.2 Å². The molecule has 0 aromatic heterocycles. The van der Waals surface area contributed by atoms with Crippen molar-refractivity contribution in [2.75, 3.05) is 5.32 Å². The van der Waals surface area contributed by atoms with Crippen molar-refractivity contribution in [3.8, 4) is 0 Å². The molecule has 118 valence electrons. The fourth-order valence-electron chi connectivity index (χ4n) is 3.12. The number of carbonyl (C=O) groups is 2. The lowest BCUT2D eigenvalue weighted by Gasteiger charge is -2.22. The molecule has 2 amide bonds. The lowest BCUT2D eigenvalue weighted by atomic mass is 9.95. The zero-order chi connectivity index (χ0) is 15.5. The van der Waals surface area contributed by atoms with Gasteiger partial charge in [0.15, 0.2) is 0 Å². The van der Waals surface area contributed by atoms with Crippen LogP contribution in [0.15, 0.2) is 24.3 Å². The average molecular weight is 321 g/mol. The highest BCUT2D eigenvalue weighted by molar-refractivity contribution is 6.33. The molecule has 0 heterocycles. The third-order valence-electron chi connectivity index (χ3n) is 4.55. The Morgan fingerprint density at radius 1 is 1.00 bits per heavy atom. The van der Waals surface area contributed by atoms with E-state index in [9.17, 15) is 9.59 Å². The average Bonchev–Trinajstić information content (AvgIpc) is 3.31. The van der Waals surface area contributed by atoms with Gasteiger partial charge in [0.05, 0.1) is 22.5 Å². The second-order valence-electron chi connectivity index (χ2n) is 6.26. The molecule has 0 aliphatic heterocycles. The maximum atomic E-state index is 12.2. The van der Waals surface area contributed by atoms with Crippen LogP contribution >= 0.6 is 11.6 Å². The molecule has 2 fully saturated rings. The summed E-state index contributed by atoms with van der Waals surface area (Å²) in [5, 5.41) is 6.42. The van der Waals surface area contributed by atoms with Crippen molar-refractivity contribution in [3.05, 3.63) is 29.3 Å². The van der Waals surface area contributed by atoms with Gasteiger partial charge in [0, 0.05) is 6.04 Å². The van der Waals surface area contributed by atoms with Gasteiger partial charge in [-0.1, -0.05) is 43.0 Å². The van der Waals surface area contributed by atoms with Gasteiger partial charge in [-0.15, -0.1) is 0 Å². The summed E-state index contributed by atoms with van der Waals surface area (Å²) in [6.45, 7) is 0. The fourth-order valence-corrected chi connectivity index (χ4v) is 3.30. The van der Waals surface area contributed by atoms with E-state index in [1.807, 2.05) is 12.1 Å². The van der Waals surface area contributed by atoms with Gasteiger partial charge in [-0.25, -0.2) is 0 Å². The number of carbonyl (C=O) groups excluding carboxylic acids is 2. The smallest absolute Gasteiger partial charge is 0.228 e. The van der Waals surface area contributed by atoms with Gasteiger partial charge in [-0.2, -0.15) is 0 Å². The Morgan fingerprint density at radius 2 is 1.68 bits per heavy atom. The van der Waals surface area contributed by atoms with Gasteiger partial charge in [0.25, 0.3) is 0 Å². The molecule has 4 nitrogen and oxygen atoms in total. The van der Waals surface area contributed by atoms with Crippen molar-refractivity contribution in [2.45, 2.75) is 44.6 Å². The SMILES string of the molecule is O=C(Nc1ccccc1Cl)C1CC1C(=O)NC1CCCCC1. The van der Waals surface area contributed by atoms with Gasteiger partial charge >= 0.3 is 0 Å². The number of amides is 2. The molecule has 2 saturated carbocycles. The molecule has 2 N–H and O–H groups in total.